The van der Waals surface area contributed by atoms with Gasteiger partial charge in [0.15, 0.2) is 0 Å². The van der Waals surface area contributed by atoms with Crippen molar-refractivity contribution in [2.75, 3.05) is 0 Å². The highest BCUT2D eigenvalue weighted by Crippen LogP contribution is 2.07. The number of hydrogen-bond acceptors (Lipinski definition) is 2. The van der Waals surface area contributed by atoms with Gasteiger partial charge in [-0.05, 0) is 30.2 Å². The second-order valence-corrected chi connectivity index (χ2v) is 3.65. The van der Waals surface area contributed by atoms with Crippen LogP contribution in [-0.4, -0.2) is 9.97 Å². The molecule has 0 spiro atoms. The molecule has 82 valence electrons. The van der Waals surface area contributed by atoms with Gasteiger partial charge in [0.05, 0.1) is 0 Å². The fourth-order valence-electron chi connectivity index (χ4n) is 1.50. The lowest BCUT2D eigenvalue weighted by molar-refractivity contribution is 0.622. The zero-order valence-electron chi connectivity index (χ0n) is 9.15. The third kappa shape index (κ3) is 2.63. The van der Waals surface area contributed by atoms with Gasteiger partial charge in [0.2, 0.25) is 0 Å². The van der Waals surface area contributed by atoms with E-state index >= 15 is 0 Å². The first-order chi connectivity index (χ1) is 7.78. The first-order valence-corrected chi connectivity index (χ1v) is 5.32. The summed E-state index contributed by atoms with van der Waals surface area (Å²) in [7, 11) is 0. The van der Waals surface area contributed by atoms with Crippen LogP contribution in [0.5, 0.6) is 0 Å². The minimum atomic E-state index is -0.254. The molecule has 2 aromatic rings. The summed E-state index contributed by atoms with van der Waals surface area (Å²) in [4.78, 5) is 8.41. The zero-order valence-corrected chi connectivity index (χ0v) is 9.15. The Kier molecular flexibility index (Phi) is 3.25. The maximum atomic E-state index is 12.9. The van der Waals surface area contributed by atoms with Gasteiger partial charge in [-0.3, -0.25) is 9.97 Å². The van der Waals surface area contributed by atoms with Crippen LogP contribution in [0.1, 0.15) is 23.9 Å². The molecule has 0 unspecified atom stereocenters. The molecule has 0 amide bonds. The molecule has 0 saturated carbocycles. The second kappa shape index (κ2) is 4.84. The van der Waals surface area contributed by atoms with E-state index in [1.807, 2.05) is 18.3 Å². The Balaban J connectivity index is 2.14. The lowest BCUT2D eigenvalue weighted by atomic mass is 10.1. The van der Waals surface area contributed by atoms with E-state index in [0.29, 0.717) is 12.1 Å². The largest absolute Gasteiger partial charge is 0.261 e. The van der Waals surface area contributed by atoms with Crippen molar-refractivity contribution < 1.29 is 4.39 Å². The fourth-order valence-corrected chi connectivity index (χ4v) is 1.50. The number of pyridine rings is 2. The molecule has 3 heteroatoms. The predicted octanol–water partition coefficient (Wildman–Crippen LogP) is 2.77. The second-order valence-electron chi connectivity index (χ2n) is 3.65. The quantitative estimate of drug-likeness (QED) is 0.788. The van der Waals surface area contributed by atoms with Crippen LogP contribution in [0.2, 0.25) is 0 Å². The van der Waals surface area contributed by atoms with Gasteiger partial charge in [0.25, 0.3) is 0 Å². The molecule has 2 aromatic heterocycles. The zero-order chi connectivity index (χ0) is 11.4. The van der Waals surface area contributed by atoms with Crippen LogP contribution < -0.4 is 0 Å². The van der Waals surface area contributed by atoms with Crippen LogP contribution >= 0.6 is 0 Å². The van der Waals surface area contributed by atoms with Gasteiger partial charge in [-0.25, -0.2) is 4.39 Å². The third-order valence-corrected chi connectivity index (χ3v) is 2.44. The number of rotatable bonds is 3. The SMILES string of the molecule is CCc1ccc(Cc2cc(F)ccn2)nc1. The average molecular weight is 216 g/mol. The van der Waals surface area contributed by atoms with Crippen LogP contribution in [-0.2, 0) is 12.8 Å². The molecule has 0 aromatic carbocycles. The molecule has 0 saturated heterocycles. The summed E-state index contributed by atoms with van der Waals surface area (Å²) >= 11 is 0. The summed E-state index contributed by atoms with van der Waals surface area (Å²) < 4.78 is 12.9. The van der Waals surface area contributed by atoms with E-state index in [1.165, 1.54) is 23.9 Å². The molecule has 0 bridgehead atoms. The topological polar surface area (TPSA) is 25.8 Å². The first-order valence-electron chi connectivity index (χ1n) is 5.32. The average Bonchev–Trinajstić information content (AvgIpc) is 2.30. The lowest BCUT2D eigenvalue weighted by Gasteiger charge is -2.01. The number of aromatic nitrogens is 2. The molecule has 2 rings (SSSR count). The Bertz CT molecular complexity index is 466. The van der Waals surface area contributed by atoms with E-state index in [0.717, 1.165) is 12.1 Å². The van der Waals surface area contributed by atoms with Gasteiger partial charge in [-0.2, -0.15) is 0 Å². The molecule has 0 N–H and O–H groups in total. The fraction of sp³-hybridized carbons (Fsp3) is 0.231. The van der Waals surface area contributed by atoms with Crippen LogP contribution in [0.4, 0.5) is 4.39 Å². The Hall–Kier alpha value is -1.77. The van der Waals surface area contributed by atoms with Crippen molar-refractivity contribution in [2.45, 2.75) is 19.8 Å². The van der Waals surface area contributed by atoms with Crippen molar-refractivity contribution in [2.24, 2.45) is 0 Å². The molecule has 2 nitrogen and oxygen atoms in total. The summed E-state index contributed by atoms with van der Waals surface area (Å²) in [6, 6.07) is 6.79. The molecule has 0 radical (unpaired) electrons. The molecule has 0 aliphatic heterocycles. The highest BCUT2D eigenvalue weighted by atomic mass is 19.1. The van der Waals surface area contributed by atoms with Gasteiger partial charge in [-0.15, -0.1) is 0 Å². The van der Waals surface area contributed by atoms with Crippen molar-refractivity contribution >= 4 is 0 Å². The van der Waals surface area contributed by atoms with E-state index in [2.05, 4.69) is 16.9 Å². The standard InChI is InChI=1S/C13H13FN2/c1-2-10-3-4-12(16-9-10)8-13-7-11(14)5-6-15-13/h3-7,9H,2,8H2,1H3. The Morgan fingerprint density at radius 3 is 2.62 bits per heavy atom. The van der Waals surface area contributed by atoms with Crippen LogP contribution in [0.3, 0.4) is 0 Å². The third-order valence-electron chi connectivity index (χ3n) is 2.44. The van der Waals surface area contributed by atoms with E-state index in [1.54, 1.807) is 0 Å². The molecule has 0 fully saturated rings. The van der Waals surface area contributed by atoms with E-state index in [9.17, 15) is 4.39 Å². The normalized spacial score (nSPS) is 10.4. The molecular formula is C13H13FN2. The molecule has 0 aliphatic carbocycles. The van der Waals surface area contributed by atoms with Gasteiger partial charge >= 0.3 is 0 Å². The number of nitrogens with zero attached hydrogens (tertiary/aromatic N) is 2. The van der Waals surface area contributed by atoms with E-state index in [4.69, 9.17) is 0 Å². The van der Waals surface area contributed by atoms with Crippen LogP contribution in [0, 0.1) is 5.82 Å². The number of aryl methyl sites for hydroxylation is 1. The Morgan fingerprint density at radius 2 is 2.00 bits per heavy atom. The summed E-state index contributed by atoms with van der Waals surface area (Å²) in [5, 5.41) is 0. The van der Waals surface area contributed by atoms with Crippen LogP contribution in [0.25, 0.3) is 0 Å². The summed E-state index contributed by atoms with van der Waals surface area (Å²) in [5.74, 6) is -0.254. The monoisotopic (exact) mass is 216 g/mol. The summed E-state index contributed by atoms with van der Waals surface area (Å²) in [6.45, 7) is 2.09. The Labute approximate surface area is 94.2 Å². The molecule has 2 heterocycles. The van der Waals surface area contributed by atoms with Crippen molar-refractivity contribution in [1.82, 2.24) is 9.97 Å². The summed E-state index contributed by atoms with van der Waals surface area (Å²) in [5.41, 5.74) is 2.82. The van der Waals surface area contributed by atoms with Crippen molar-refractivity contribution in [1.29, 1.82) is 0 Å². The van der Waals surface area contributed by atoms with Gasteiger partial charge < -0.3 is 0 Å². The van der Waals surface area contributed by atoms with E-state index in [-0.39, 0.29) is 5.82 Å². The minimum Gasteiger partial charge on any atom is -0.261 e. The molecule has 0 aliphatic rings. The number of hydrogen-bond donors (Lipinski definition) is 0. The molecule has 16 heavy (non-hydrogen) atoms. The van der Waals surface area contributed by atoms with Gasteiger partial charge in [-0.1, -0.05) is 13.0 Å². The molecular weight excluding hydrogens is 203 g/mol. The van der Waals surface area contributed by atoms with Crippen molar-refractivity contribution in [3.63, 3.8) is 0 Å². The maximum absolute atomic E-state index is 12.9. The first kappa shape index (κ1) is 10.7. The summed E-state index contributed by atoms with van der Waals surface area (Å²) in [6.07, 6.45) is 4.88. The smallest absolute Gasteiger partial charge is 0.126 e. The maximum Gasteiger partial charge on any atom is 0.126 e. The highest BCUT2D eigenvalue weighted by Gasteiger charge is 2.00. The van der Waals surface area contributed by atoms with Gasteiger partial charge in [0.1, 0.15) is 5.82 Å². The van der Waals surface area contributed by atoms with Crippen LogP contribution in [0.15, 0.2) is 36.7 Å². The van der Waals surface area contributed by atoms with E-state index < -0.39 is 0 Å². The predicted molar refractivity (Wildman–Crippen MR) is 60.6 cm³/mol. The Morgan fingerprint density at radius 1 is 1.12 bits per heavy atom. The molecule has 0 atom stereocenters. The van der Waals surface area contributed by atoms with Crippen molar-refractivity contribution in [3.05, 3.63) is 59.4 Å². The number of halogens is 1. The van der Waals surface area contributed by atoms with Gasteiger partial charge in [0, 0.05) is 30.2 Å². The lowest BCUT2D eigenvalue weighted by Crippen LogP contribution is -1.96. The van der Waals surface area contributed by atoms with Crippen molar-refractivity contribution in [3.8, 4) is 0 Å². The minimum absolute atomic E-state index is 0.254. The highest BCUT2D eigenvalue weighted by molar-refractivity contribution is 5.19.